The van der Waals surface area contributed by atoms with Gasteiger partial charge >= 0.3 is 0 Å². The Hall–Kier alpha value is -1.49. The number of hydrogen-bond acceptors (Lipinski definition) is 5. The fourth-order valence-corrected chi connectivity index (χ4v) is 2.19. The Labute approximate surface area is 100 Å². The highest BCUT2D eigenvalue weighted by atomic mass is 16.5. The lowest BCUT2D eigenvalue weighted by atomic mass is 10.1. The summed E-state index contributed by atoms with van der Waals surface area (Å²) < 4.78 is 5.32. The van der Waals surface area contributed by atoms with E-state index in [0.29, 0.717) is 12.0 Å². The maximum atomic E-state index is 5.32. The van der Waals surface area contributed by atoms with Crippen molar-refractivity contribution in [2.45, 2.75) is 31.8 Å². The first-order valence-corrected chi connectivity index (χ1v) is 6.07. The first-order valence-electron chi connectivity index (χ1n) is 6.07. The highest BCUT2D eigenvalue weighted by Crippen LogP contribution is 2.24. The largest absolute Gasteiger partial charge is 0.381 e. The van der Waals surface area contributed by atoms with Gasteiger partial charge in [0, 0.05) is 37.2 Å². The van der Waals surface area contributed by atoms with Crippen LogP contribution in [0.2, 0.25) is 0 Å². The molecule has 1 aromatic rings. The Kier molecular flexibility index (Phi) is 2.76. The van der Waals surface area contributed by atoms with E-state index in [9.17, 15) is 0 Å². The van der Waals surface area contributed by atoms with Gasteiger partial charge in [-0.05, 0) is 19.8 Å². The third-order valence-electron chi connectivity index (χ3n) is 3.27. The number of rotatable bonds is 2. The lowest BCUT2D eigenvalue weighted by Crippen LogP contribution is -2.28. The van der Waals surface area contributed by atoms with Gasteiger partial charge in [0.05, 0.1) is 11.7 Å². The van der Waals surface area contributed by atoms with Crippen molar-refractivity contribution in [2.75, 3.05) is 18.5 Å². The number of nitrogens with zero attached hydrogens (tertiary/aromatic N) is 3. The molecule has 1 aromatic heterocycles. The zero-order valence-corrected chi connectivity index (χ0v) is 9.89. The molecule has 1 atom stereocenters. The summed E-state index contributed by atoms with van der Waals surface area (Å²) in [5.41, 5.74) is 2.06. The molecule has 0 spiro atoms. The molecule has 0 saturated carbocycles. The molecular weight excluding hydrogens is 216 g/mol. The van der Waals surface area contributed by atoms with Crippen LogP contribution in [0.15, 0.2) is 11.2 Å². The van der Waals surface area contributed by atoms with E-state index in [4.69, 9.17) is 4.74 Å². The minimum atomic E-state index is 0.196. The molecule has 0 aliphatic carbocycles. The smallest absolute Gasteiger partial charge is 0.223 e. The first-order chi connectivity index (χ1) is 8.33. The molecule has 3 rings (SSSR count). The van der Waals surface area contributed by atoms with Crippen LogP contribution in [0.1, 0.15) is 37.1 Å². The Morgan fingerprint density at radius 3 is 3.00 bits per heavy atom. The maximum absolute atomic E-state index is 5.32. The van der Waals surface area contributed by atoms with Crippen molar-refractivity contribution in [1.29, 1.82) is 0 Å². The highest BCUT2D eigenvalue weighted by molar-refractivity contribution is 5.82. The highest BCUT2D eigenvalue weighted by Gasteiger charge is 2.18. The summed E-state index contributed by atoms with van der Waals surface area (Å²) in [5.74, 6) is 0.705. The second-order valence-electron chi connectivity index (χ2n) is 4.52. The molecule has 1 unspecified atom stereocenters. The Morgan fingerprint density at radius 2 is 2.18 bits per heavy atom. The Balaban J connectivity index is 1.73. The topological polar surface area (TPSA) is 59.4 Å². The maximum Gasteiger partial charge on any atom is 0.223 e. The molecule has 0 amide bonds. The third kappa shape index (κ3) is 2.15. The number of nitrogens with one attached hydrogen (secondary N) is 1. The van der Waals surface area contributed by atoms with E-state index >= 15 is 0 Å². The molecule has 2 aliphatic heterocycles. The fourth-order valence-electron chi connectivity index (χ4n) is 2.19. The molecule has 90 valence electrons. The van der Waals surface area contributed by atoms with Gasteiger partial charge in [-0.15, -0.1) is 0 Å². The molecule has 17 heavy (non-hydrogen) atoms. The van der Waals surface area contributed by atoms with Crippen molar-refractivity contribution >= 4 is 12.2 Å². The van der Waals surface area contributed by atoms with Crippen LogP contribution in [0.4, 0.5) is 5.95 Å². The monoisotopic (exact) mass is 232 g/mol. The minimum Gasteiger partial charge on any atom is -0.381 e. The number of ether oxygens (including phenoxy) is 1. The van der Waals surface area contributed by atoms with Crippen molar-refractivity contribution < 1.29 is 4.74 Å². The van der Waals surface area contributed by atoms with Crippen LogP contribution in [0.25, 0.3) is 0 Å². The van der Waals surface area contributed by atoms with Crippen LogP contribution in [-0.2, 0) is 4.74 Å². The van der Waals surface area contributed by atoms with E-state index in [2.05, 4.69) is 27.2 Å². The minimum absolute atomic E-state index is 0.196. The lowest BCUT2D eigenvalue weighted by molar-refractivity contribution is 0.0903. The fraction of sp³-hybridized carbons (Fsp3) is 0.583. The average Bonchev–Trinajstić information content (AvgIpc) is 2.72. The molecule has 0 aromatic carbocycles. The van der Waals surface area contributed by atoms with Crippen LogP contribution < -0.4 is 5.32 Å². The zero-order valence-electron chi connectivity index (χ0n) is 9.89. The molecule has 2 aliphatic rings. The summed E-state index contributed by atoms with van der Waals surface area (Å²) in [6.45, 7) is 3.69. The summed E-state index contributed by atoms with van der Waals surface area (Å²) in [7, 11) is 0. The van der Waals surface area contributed by atoms with Crippen LogP contribution in [0.5, 0.6) is 0 Å². The number of fused-ring (bicyclic) bond motifs is 1. The molecule has 1 saturated heterocycles. The first kappa shape index (κ1) is 10.7. The van der Waals surface area contributed by atoms with Gasteiger partial charge in [0.1, 0.15) is 0 Å². The van der Waals surface area contributed by atoms with Gasteiger partial charge in [-0.25, -0.2) is 9.97 Å². The third-order valence-corrected chi connectivity index (χ3v) is 3.27. The van der Waals surface area contributed by atoms with E-state index in [-0.39, 0.29) is 6.04 Å². The van der Waals surface area contributed by atoms with Gasteiger partial charge in [0.2, 0.25) is 5.95 Å². The summed E-state index contributed by atoms with van der Waals surface area (Å²) in [4.78, 5) is 13.2. The molecular formula is C12H16N4O. The van der Waals surface area contributed by atoms with Crippen molar-refractivity contribution in [2.24, 2.45) is 4.99 Å². The molecule has 1 fully saturated rings. The van der Waals surface area contributed by atoms with E-state index in [0.717, 1.165) is 37.3 Å². The molecule has 0 radical (unpaired) electrons. The van der Waals surface area contributed by atoms with E-state index in [1.54, 1.807) is 0 Å². The predicted octanol–water partition coefficient (Wildman–Crippen LogP) is 1.56. The standard InChI is InChI=1S/C12H16N4O/c1-8-10-6-14-12(16-11(10)7-13-8)15-9-2-4-17-5-3-9/h6-9H,2-5H2,1H3,(H,14,15,16). The predicted molar refractivity (Wildman–Crippen MR) is 65.5 cm³/mol. The van der Waals surface area contributed by atoms with Gasteiger partial charge in [-0.1, -0.05) is 0 Å². The Bertz CT molecular complexity index is 440. The van der Waals surface area contributed by atoms with Gasteiger partial charge in [0.25, 0.3) is 0 Å². The lowest BCUT2D eigenvalue weighted by Gasteiger charge is -2.23. The van der Waals surface area contributed by atoms with Crippen molar-refractivity contribution in [3.8, 4) is 0 Å². The Morgan fingerprint density at radius 1 is 1.35 bits per heavy atom. The SMILES string of the molecule is CC1N=Cc2nc(NC3CCOCC3)ncc21. The summed E-state index contributed by atoms with van der Waals surface area (Å²) in [5, 5.41) is 3.36. The molecule has 3 heterocycles. The normalized spacial score (nSPS) is 23.7. The number of aliphatic imine (C=N–C) groups is 1. The van der Waals surface area contributed by atoms with Crippen LogP contribution >= 0.6 is 0 Å². The molecule has 1 N–H and O–H groups in total. The summed E-state index contributed by atoms with van der Waals surface area (Å²) in [6, 6.07) is 0.625. The van der Waals surface area contributed by atoms with Crippen molar-refractivity contribution in [3.63, 3.8) is 0 Å². The van der Waals surface area contributed by atoms with Gasteiger partial charge < -0.3 is 10.1 Å². The second kappa shape index (κ2) is 4.41. The van der Waals surface area contributed by atoms with Gasteiger partial charge in [-0.2, -0.15) is 0 Å². The zero-order chi connectivity index (χ0) is 11.7. The number of anilines is 1. The second-order valence-corrected chi connectivity index (χ2v) is 4.52. The quantitative estimate of drug-likeness (QED) is 0.840. The van der Waals surface area contributed by atoms with Gasteiger partial charge in [0.15, 0.2) is 0 Å². The van der Waals surface area contributed by atoms with Crippen LogP contribution in [-0.4, -0.2) is 35.4 Å². The molecule has 0 bridgehead atoms. The van der Waals surface area contributed by atoms with Gasteiger partial charge in [-0.3, -0.25) is 4.99 Å². The molecule has 5 heteroatoms. The van der Waals surface area contributed by atoms with Crippen LogP contribution in [0, 0.1) is 0 Å². The average molecular weight is 232 g/mol. The van der Waals surface area contributed by atoms with E-state index in [1.165, 1.54) is 0 Å². The number of aromatic nitrogens is 2. The van der Waals surface area contributed by atoms with Crippen LogP contribution in [0.3, 0.4) is 0 Å². The summed E-state index contributed by atoms with van der Waals surface area (Å²) in [6.07, 6.45) is 5.74. The molecule has 5 nitrogen and oxygen atoms in total. The summed E-state index contributed by atoms with van der Waals surface area (Å²) >= 11 is 0. The van der Waals surface area contributed by atoms with Crippen molar-refractivity contribution in [3.05, 3.63) is 17.5 Å². The van der Waals surface area contributed by atoms with E-state index < -0.39 is 0 Å². The van der Waals surface area contributed by atoms with Crippen molar-refractivity contribution in [1.82, 2.24) is 9.97 Å². The number of hydrogen-bond donors (Lipinski definition) is 1. The van der Waals surface area contributed by atoms with E-state index in [1.807, 2.05) is 12.4 Å².